The second-order valence-electron chi connectivity index (χ2n) is 5.55. The summed E-state index contributed by atoms with van der Waals surface area (Å²) in [6, 6.07) is 14.0. The Balaban J connectivity index is 1.63. The van der Waals surface area contributed by atoms with E-state index in [1.54, 1.807) is 36.4 Å². The number of para-hydroxylation sites is 1. The lowest BCUT2D eigenvalue weighted by molar-refractivity contribution is 0.0923. The maximum Gasteiger partial charge on any atom is 0.302 e. The van der Waals surface area contributed by atoms with Crippen LogP contribution in [0.25, 0.3) is 22.1 Å². The van der Waals surface area contributed by atoms with E-state index in [0.717, 1.165) is 5.56 Å². The van der Waals surface area contributed by atoms with Gasteiger partial charge in [-0.1, -0.05) is 24.3 Å². The van der Waals surface area contributed by atoms with Gasteiger partial charge in [0, 0.05) is 12.6 Å². The predicted octanol–water partition coefficient (Wildman–Crippen LogP) is 3.61. The van der Waals surface area contributed by atoms with Crippen molar-refractivity contribution in [3.63, 3.8) is 0 Å². The normalized spacial score (nSPS) is 11.1. The van der Waals surface area contributed by atoms with Crippen LogP contribution in [0.15, 0.2) is 68.2 Å². The molecule has 25 heavy (non-hydrogen) atoms. The van der Waals surface area contributed by atoms with Gasteiger partial charge >= 0.3 is 5.78 Å². The third-order valence-electron chi connectivity index (χ3n) is 3.87. The summed E-state index contributed by atoms with van der Waals surface area (Å²) in [7, 11) is 0. The molecule has 0 fully saturated rings. The second kappa shape index (κ2) is 5.90. The average Bonchev–Trinajstić information content (AvgIpc) is 3.06. The molecule has 0 aliphatic rings. The van der Waals surface area contributed by atoms with E-state index < -0.39 is 5.91 Å². The molecule has 0 spiro atoms. The summed E-state index contributed by atoms with van der Waals surface area (Å²) >= 11 is 0. The minimum Gasteiger partial charge on any atom is -0.425 e. The first-order valence-corrected chi connectivity index (χ1v) is 7.60. The van der Waals surface area contributed by atoms with Crippen molar-refractivity contribution in [3.05, 3.63) is 82.0 Å². The highest BCUT2D eigenvalue weighted by Crippen LogP contribution is 2.21. The number of carbonyl (C=O) groups is 1. The smallest absolute Gasteiger partial charge is 0.302 e. The number of fused-ring (bicyclic) bond motifs is 2. The number of rotatable bonds is 3. The molecule has 1 amide bonds. The van der Waals surface area contributed by atoms with Crippen LogP contribution in [0.2, 0.25) is 0 Å². The van der Waals surface area contributed by atoms with Crippen molar-refractivity contribution >= 4 is 28.0 Å². The minimum atomic E-state index is -0.487. The Kier molecular flexibility index (Phi) is 3.57. The number of hydrogen-bond acceptors (Lipinski definition) is 4. The van der Waals surface area contributed by atoms with Gasteiger partial charge in [-0.15, -0.1) is 0 Å². The summed E-state index contributed by atoms with van der Waals surface area (Å²) in [6.07, 6.45) is 0. The van der Waals surface area contributed by atoms with Crippen LogP contribution in [0.5, 0.6) is 0 Å². The lowest BCUT2D eigenvalue weighted by Gasteiger charge is -2.02. The van der Waals surface area contributed by atoms with Crippen LogP contribution < -0.4 is 10.7 Å². The van der Waals surface area contributed by atoms with Crippen molar-refractivity contribution in [2.45, 2.75) is 6.54 Å². The van der Waals surface area contributed by atoms with Crippen LogP contribution in [0.1, 0.15) is 16.1 Å². The number of nitrogens with one attached hydrogen (secondary N) is 1. The van der Waals surface area contributed by atoms with Gasteiger partial charge in [0.1, 0.15) is 16.8 Å². The Morgan fingerprint density at radius 1 is 1.00 bits per heavy atom. The van der Waals surface area contributed by atoms with E-state index in [1.165, 1.54) is 18.2 Å². The average molecular weight is 337 g/mol. The minimum absolute atomic E-state index is 0.00984. The lowest BCUT2D eigenvalue weighted by atomic mass is 10.2. The van der Waals surface area contributed by atoms with E-state index in [-0.39, 0.29) is 34.7 Å². The topological polar surface area (TPSA) is 72.5 Å². The molecule has 0 aliphatic carbocycles. The molecular weight excluding hydrogens is 325 g/mol. The number of benzene rings is 2. The Morgan fingerprint density at radius 2 is 1.76 bits per heavy atom. The number of halogens is 1. The van der Waals surface area contributed by atoms with Crippen LogP contribution in [0.3, 0.4) is 0 Å². The standard InChI is InChI=1S/C19H12FNO4/c20-12-7-5-11(6-8-12)10-21-18(23)16-9-14-17(22)13-3-1-2-4-15(13)24-19(14)25-16/h1-9H,10H2,(H,21,23). The molecule has 1 N–H and O–H groups in total. The van der Waals surface area contributed by atoms with Crippen molar-refractivity contribution < 1.29 is 18.0 Å². The molecular formula is C19H12FNO4. The summed E-state index contributed by atoms with van der Waals surface area (Å²) in [5.41, 5.74) is 0.886. The molecule has 0 aliphatic heterocycles. The van der Waals surface area contributed by atoms with Gasteiger partial charge in [0.2, 0.25) is 5.43 Å². The molecule has 5 nitrogen and oxygen atoms in total. The zero-order chi connectivity index (χ0) is 17.4. The van der Waals surface area contributed by atoms with Gasteiger partial charge in [-0.05, 0) is 29.8 Å². The molecule has 0 unspecified atom stereocenters. The predicted molar refractivity (Wildman–Crippen MR) is 89.8 cm³/mol. The second-order valence-corrected chi connectivity index (χ2v) is 5.55. The summed E-state index contributed by atoms with van der Waals surface area (Å²) < 4.78 is 23.8. The highest BCUT2D eigenvalue weighted by Gasteiger charge is 2.17. The van der Waals surface area contributed by atoms with E-state index >= 15 is 0 Å². The van der Waals surface area contributed by atoms with Gasteiger partial charge in [-0.25, -0.2) is 4.39 Å². The zero-order valence-corrected chi connectivity index (χ0v) is 12.9. The Bertz CT molecular complexity index is 1140. The van der Waals surface area contributed by atoms with Gasteiger partial charge in [0.15, 0.2) is 5.76 Å². The summed E-state index contributed by atoms with van der Waals surface area (Å²) in [5.74, 6) is -0.841. The Morgan fingerprint density at radius 3 is 2.56 bits per heavy atom. The third kappa shape index (κ3) is 2.78. The summed E-state index contributed by atoms with van der Waals surface area (Å²) in [6.45, 7) is 0.208. The maximum absolute atomic E-state index is 12.9. The van der Waals surface area contributed by atoms with Gasteiger partial charge in [0.05, 0.1) is 5.39 Å². The van der Waals surface area contributed by atoms with E-state index in [4.69, 9.17) is 8.83 Å². The molecule has 0 bridgehead atoms. The number of hydrogen-bond donors (Lipinski definition) is 1. The van der Waals surface area contributed by atoms with Gasteiger partial charge in [-0.3, -0.25) is 9.59 Å². The van der Waals surface area contributed by atoms with E-state index in [0.29, 0.717) is 11.0 Å². The maximum atomic E-state index is 12.9. The summed E-state index contributed by atoms with van der Waals surface area (Å²) in [4.78, 5) is 24.7. The number of carbonyl (C=O) groups excluding carboxylic acids is 1. The van der Waals surface area contributed by atoms with Crippen molar-refractivity contribution in [1.82, 2.24) is 5.32 Å². The number of amides is 1. The molecule has 124 valence electrons. The molecule has 0 saturated heterocycles. The van der Waals surface area contributed by atoms with Gasteiger partial charge in [-0.2, -0.15) is 0 Å². The molecule has 2 aromatic carbocycles. The fourth-order valence-electron chi connectivity index (χ4n) is 2.58. The molecule has 0 radical (unpaired) electrons. The first kappa shape index (κ1) is 15.1. The zero-order valence-electron chi connectivity index (χ0n) is 12.9. The van der Waals surface area contributed by atoms with E-state index in [1.807, 2.05) is 0 Å². The Labute approximate surface area is 140 Å². The molecule has 0 saturated carbocycles. The van der Waals surface area contributed by atoms with E-state index in [9.17, 15) is 14.0 Å². The van der Waals surface area contributed by atoms with Gasteiger partial charge < -0.3 is 14.2 Å². The third-order valence-corrected chi connectivity index (χ3v) is 3.87. The molecule has 0 atom stereocenters. The van der Waals surface area contributed by atoms with Crippen molar-refractivity contribution in [2.24, 2.45) is 0 Å². The monoisotopic (exact) mass is 337 g/mol. The highest BCUT2D eigenvalue weighted by molar-refractivity contribution is 5.97. The largest absolute Gasteiger partial charge is 0.425 e. The van der Waals surface area contributed by atoms with Crippen LogP contribution in [0, 0.1) is 5.82 Å². The first-order chi connectivity index (χ1) is 12.1. The van der Waals surface area contributed by atoms with Crippen LogP contribution >= 0.6 is 0 Å². The number of furan rings is 1. The van der Waals surface area contributed by atoms with Gasteiger partial charge in [0.25, 0.3) is 5.91 Å². The fraction of sp³-hybridized carbons (Fsp3) is 0.0526. The molecule has 2 aromatic heterocycles. The highest BCUT2D eigenvalue weighted by atomic mass is 19.1. The quantitative estimate of drug-likeness (QED) is 0.620. The van der Waals surface area contributed by atoms with Crippen LogP contribution in [-0.4, -0.2) is 5.91 Å². The van der Waals surface area contributed by atoms with E-state index in [2.05, 4.69) is 5.32 Å². The molecule has 4 aromatic rings. The molecule has 6 heteroatoms. The van der Waals surface area contributed by atoms with Crippen molar-refractivity contribution in [3.8, 4) is 0 Å². The first-order valence-electron chi connectivity index (χ1n) is 7.60. The lowest BCUT2D eigenvalue weighted by Crippen LogP contribution is -2.22. The van der Waals surface area contributed by atoms with Crippen molar-refractivity contribution in [1.29, 1.82) is 0 Å². The van der Waals surface area contributed by atoms with Crippen molar-refractivity contribution in [2.75, 3.05) is 0 Å². The molecule has 4 rings (SSSR count). The fourth-order valence-corrected chi connectivity index (χ4v) is 2.58. The van der Waals surface area contributed by atoms with Crippen LogP contribution in [-0.2, 0) is 6.54 Å². The SMILES string of the molecule is O=C(NCc1ccc(F)cc1)c1cc2c(=O)c3ccccc3oc2o1. The molecule has 2 heterocycles. The van der Waals surface area contributed by atoms with Crippen LogP contribution in [0.4, 0.5) is 4.39 Å². The Hall–Kier alpha value is -3.41. The summed E-state index contributed by atoms with van der Waals surface area (Å²) in [5, 5.41) is 3.30.